The van der Waals surface area contributed by atoms with Crippen LogP contribution in [0.25, 0.3) is 0 Å². The predicted octanol–water partition coefficient (Wildman–Crippen LogP) is 1.21. The number of rotatable bonds is 2. The topological polar surface area (TPSA) is 68.2 Å². The van der Waals surface area contributed by atoms with Gasteiger partial charge in [0.25, 0.3) is 0 Å². The molecule has 0 bridgehead atoms. The van der Waals surface area contributed by atoms with E-state index in [1.54, 1.807) is 0 Å². The molecule has 5 nitrogen and oxygen atoms in total. The number of hydrogen-bond donors (Lipinski definition) is 1. The monoisotopic (exact) mass is 230 g/mol. The van der Waals surface area contributed by atoms with Crippen molar-refractivity contribution in [3.05, 3.63) is 41.5 Å². The summed E-state index contributed by atoms with van der Waals surface area (Å²) in [5.74, 6) is 0.656. The van der Waals surface area contributed by atoms with Gasteiger partial charge in [0, 0.05) is 18.8 Å². The summed E-state index contributed by atoms with van der Waals surface area (Å²) < 4.78 is 5.02. The fourth-order valence-corrected chi connectivity index (χ4v) is 2.25. The van der Waals surface area contributed by atoms with E-state index in [4.69, 9.17) is 10.3 Å². The molecule has 0 saturated heterocycles. The van der Waals surface area contributed by atoms with Crippen molar-refractivity contribution >= 4 is 5.69 Å². The van der Waals surface area contributed by atoms with Crippen LogP contribution >= 0.6 is 0 Å². The van der Waals surface area contributed by atoms with Gasteiger partial charge in [-0.05, 0) is 23.6 Å². The molecule has 0 unspecified atom stereocenters. The fraction of sp³-hybridized carbons (Fsp3) is 0.333. The van der Waals surface area contributed by atoms with Gasteiger partial charge in [0.05, 0.1) is 6.54 Å². The lowest BCUT2D eigenvalue weighted by molar-refractivity contribution is 0.211. The molecule has 1 aliphatic heterocycles. The highest BCUT2D eigenvalue weighted by molar-refractivity contribution is 5.51. The first-order chi connectivity index (χ1) is 8.33. The summed E-state index contributed by atoms with van der Waals surface area (Å²) in [5, 5.41) is 3.61. The number of nitrogens with two attached hydrogens (primary N) is 1. The number of nitrogens with zero attached hydrogens (tertiary/aromatic N) is 3. The Hall–Kier alpha value is -1.88. The van der Waals surface area contributed by atoms with Crippen LogP contribution in [0.5, 0.6) is 0 Å². The second-order valence-corrected chi connectivity index (χ2v) is 4.28. The van der Waals surface area contributed by atoms with E-state index in [1.165, 1.54) is 17.5 Å². The van der Waals surface area contributed by atoms with Crippen LogP contribution < -0.4 is 5.73 Å². The molecular weight excluding hydrogens is 216 g/mol. The van der Waals surface area contributed by atoms with E-state index in [0.717, 1.165) is 25.2 Å². The first-order valence-electron chi connectivity index (χ1n) is 5.67. The lowest BCUT2D eigenvalue weighted by atomic mass is 9.98. The highest BCUT2D eigenvalue weighted by Gasteiger charge is 2.19. The van der Waals surface area contributed by atoms with Gasteiger partial charge in [-0.15, -0.1) is 0 Å². The molecule has 0 aliphatic carbocycles. The largest absolute Gasteiger partial charge is 0.398 e. The molecule has 88 valence electrons. The maximum Gasteiger partial charge on any atom is 0.240 e. The quantitative estimate of drug-likeness (QED) is 0.785. The molecular formula is C12H14N4O. The molecule has 0 amide bonds. The van der Waals surface area contributed by atoms with Crippen molar-refractivity contribution in [2.45, 2.75) is 19.5 Å². The van der Waals surface area contributed by atoms with Crippen molar-refractivity contribution in [2.24, 2.45) is 0 Å². The summed E-state index contributed by atoms with van der Waals surface area (Å²) in [6, 6.07) is 6.12. The molecule has 2 N–H and O–H groups in total. The second kappa shape index (κ2) is 4.18. The van der Waals surface area contributed by atoms with Crippen LogP contribution in [0.2, 0.25) is 0 Å². The van der Waals surface area contributed by atoms with Gasteiger partial charge >= 0.3 is 0 Å². The number of hydrogen-bond acceptors (Lipinski definition) is 5. The number of anilines is 1. The Morgan fingerprint density at radius 3 is 3.18 bits per heavy atom. The average molecular weight is 230 g/mol. The lowest BCUT2D eigenvalue weighted by Crippen LogP contribution is -2.30. The van der Waals surface area contributed by atoms with E-state index in [1.807, 2.05) is 12.1 Å². The minimum Gasteiger partial charge on any atom is -0.398 e. The molecule has 1 aromatic carbocycles. The molecule has 17 heavy (non-hydrogen) atoms. The molecule has 0 atom stereocenters. The zero-order valence-corrected chi connectivity index (χ0v) is 9.47. The van der Waals surface area contributed by atoms with E-state index in [9.17, 15) is 0 Å². The predicted molar refractivity (Wildman–Crippen MR) is 63.0 cm³/mol. The maximum atomic E-state index is 6.00. The first-order valence-corrected chi connectivity index (χ1v) is 5.67. The fourth-order valence-electron chi connectivity index (χ4n) is 2.25. The zero-order valence-electron chi connectivity index (χ0n) is 9.47. The van der Waals surface area contributed by atoms with Gasteiger partial charge < -0.3 is 10.3 Å². The molecule has 1 aromatic heterocycles. The minimum absolute atomic E-state index is 0.656. The normalized spacial score (nSPS) is 15.8. The Kier molecular flexibility index (Phi) is 2.53. The third kappa shape index (κ3) is 2.01. The second-order valence-electron chi connectivity index (χ2n) is 4.28. The van der Waals surface area contributed by atoms with Crippen LogP contribution in [-0.2, 0) is 19.5 Å². The third-order valence-electron chi connectivity index (χ3n) is 3.15. The van der Waals surface area contributed by atoms with Crippen LogP contribution in [0.3, 0.4) is 0 Å². The summed E-state index contributed by atoms with van der Waals surface area (Å²) in [6.45, 7) is 2.54. The molecule has 1 aliphatic rings. The van der Waals surface area contributed by atoms with E-state index in [-0.39, 0.29) is 0 Å². The number of fused-ring (bicyclic) bond motifs is 1. The van der Waals surface area contributed by atoms with Crippen LogP contribution in [0.15, 0.2) is 29.0 Å². The van der Waals surface area contributed by atoms with Gasteiger partial charge in [-0.3, -0.25) is 4.90 Å². The molecule has 2 heterocycles. The van der Waals surface area contributed by atoms with Crippen molar-refractivity contribution in [1.82, 2.24) is 15.0 Å². The lowest BCUT2D eigenvalue weighted by Gasteiger charge is -2.28. The molecule has 3 rings (SSSR count). The number of aromatic nitrogens is 2. The Balaban J connectivity index is 1.78. The molecule has 0 saturated carbocycles. The van der Waals surface area contributed by atoms with E-state index >= 15 is 0 Å². The smallest absolute Gasteiger partial charge is 0.240 e. The SMILES string of the molecule is Nc1cccc2c1CN(Cc1ncno1)CC2. The van der Waals surface area contributed by atoms with Gasteiger partial charge in [-0.1, -0.05) is 17.3 Å². The number of nitrogen functional groups attached to an aromatic ring is 1. The van der Waals surface area contributed by atoms with Crippen molar-refractivity contribution in [2.75, 3.05) is 12.3 Å². The highest BCUT2D eigenvalue weighted by atomic mass is 16.5. The van der Waals surface area contributed by atoms with Gasteiger partial charge in [0.15, 0.2) is 6.33 Å². The molecule has 2 aromatic rings. The summed E-state index contributed by atoms with van der Waals surface area (Å²) in [7, 11) is 0. The Labute approximate surface area is 99.2 Å². The van der Waals surface area contributed by atoms with Gasteiger partial charge in [-0.25, -0.2) is 0 Å². The van der Waals surface area contributed by atoms with Crippen LogP contribution in [-0.4, -0.2) is 21.6 Å². The maximum absolute atomic E-state index is 6.00. The van der Waals surface area contributed by atoms with Gasteiger partial charge in [-0.2, -0.15) is 4.98 Å². The van der Waals surface area contributed by atoms with E-state index in [0.29, 0.717) is 12.4 Å². The molecule has 0 fully saturated rings. The third-order valence-corrected chi connectivity index (χ3v) is 3.15. The first kappa shape index (κ1) is 10.3. The van der Waals surface area contributed by atoms with Crippen LogP contribution in [0.1, 0.15) is 17.0 Å². The van der Waals surface area contributed by atoms with Crippen LogP contribution in [0, 0.1) is 0 Å². The van der Waals surface area contributed by atoms with Crippen molar-refractivity contribution in [3.8, 4) is 0 Å². The minimum atomic E-state index is 0.656. The molecule has 5 heteroatoms. The summed E-state index contributed by atoms with van der Waals surface area (Å²) in [5.41, 5.74) is 9.46. The van der Waals surface area contributed by atoms with Gasteiger partial charge in [0.1, 0.15) is 0 Å². The summed E-state index contributed by atoms with van der Waals surface area (Å²) in [6.07, 6.45) is 2.45. The van der Waals surface area contributed by atoms with Crippen molar-refractivity contribution in [3.63, 3.8) is 0 Å². The van der Waals surface area contributed by atoms with E-state index < -0.39 is 0 Å². The summed E-state index contributed by atoms with van der Waals surface area (Å²) in [4.78, 5) is 6.31. The standard InChI is InChI=1S/C12H14N4O/c13-11-3-1-2-9-4-5-16(6-10(9)11)7-12-14-8-15-17-12/h1-3,8H,4-7,13H2. The zero-order chi connectivity index (χ0) is 11.7. The van der Waals surface area contributed by atoms with Crippen molar-refractivity contribution < 1.29 is 4.52 Å². The van der Waals surface area contributed by atoms with Gasteiger partial charge in [0.2, 0.25) is 5.89 Å². The van der Waals surface area contributed by atoms with E-state index in [2.05, 4.69) is 21.1 Å². The Bertz CT molecular complexity index is 509. The Morgan fingerprint density at radius 2 is 2.35 bits per heavy atom. The molecule has 0 spiro atoms. The van der Waals surface area contributed by atoms with Crippen molar-refractivity contribution in [1.29, 1.82) is 0 Å². The number of benzene rings is 1. The Morgan fingerprint density at radius 1 is 1.41 bits per heavy atom. The summed E-state index contributed by atoms with van der Waals surface area (Å²) >= 11 is 0. The average Bonchev–Trinajstić information content (AvgIpc) is 2.83. The highest BCUT2D eigenvalue weighted by Crippen LogP contribution is 2.24. The molecule has 0 radical (unpaired) electrons. The van der Waals surface area contributed by atoms with Crippen LogP contribution in [0.4, 0.5) is 5.69 Å².